The van der Waals surface area contributed by atoms with Gasteiger partial charge in [-0.3, -0.25) is 9.59 Å². The highest BCUT2D eigenvalue weighted by molar-refractivity contribution is 7.16. The van der Waals surface area contributed by atoms with Gasteiger partial charge in [-0.25, -0.2) is 0 Å². The van der Waals surface area contributed by atoms with Crippen LogP contribution in [-0.4, -0.2) is 25.5 Å². The first-order valence-corrected chi connectivity index (χ1v) is 8.66. The second kappa shape index (κ2) is 9.03. The average Bonchev–Trinajstić information content (AvgIpc) is 3.00. The number of methoxy groups -OCH3 is 1. The van der Waals surface area contributed by atoms with Crippen LogP contribution >= 0.6 is 34.5 Å². The Hall–Kier alpha value is -1.60. The Morgan fingerprint density at radius 3 is 2.46 bits per heavy atom. The fraction of sp³-hybridized carbons (Fsp3) is 0.250. The van der Waals surface area contributed by atoms with Crippen molar-refractivity contribution < 1.29 is 14.3 Å². The summed E-state index contributed by atoms with van der Waals surface area (Å²) in [5.41, 5.74) is 0.739. The van der Waals surface area contributed by atoms with Crippen LogP contribution in [0, 0.1) is 0 Å². The summed E-state index contributed by atoms with van der Waals surface area (Å²) in [6.45, 7) is 0.353. The molecule has 0 saturated carbocycles. The summed E-state index contributed by atoms with van der Waals surface area (Å²) in [4.78, 5) is 24.6. The maximum Gasteiger partial charge on any atom is 0.309 e. The van der Waals surface area contributed by atoms with Crippen molar-refractivity contribution in [1.29, 1.82) is 0 Å². The molecule has 1 aromatic carbocycles. The number of thiophene rings is 1. The zero-order valence-electron chi connectivity index (χ0n) is 12.8. The predicted molar refractivity (Wildman–Crippen MR) is 95.4 cm³/mol. The normalized spacial score (nSPS) is 11.8. The molecule has 2 rings (SSSR count). The third kappa shape index (κ3) is 5.21. The van der Waals surface area contributed by atoms with Gasteiger partial charge in [-0.2, -0.15) is 0 Å². The zero-order valence-corrected chi connectivity index (χ0v) is 15.2. The average molecular weight is 387 g/mol. The zero-order chi connectivity index (χ0) is 17.5. The molecular weight excluding hydrogens is 371 g/mol. The minimum Gasteiger partial charge on any atom is -0.374 e. The van der Waals surface area contributed by atoms with E-state index >= 15 is 0 Å². The Kier molecular flexibility index (Phi) is 7.05. The lowest BCUT2D eigenvalue weighted by Gasteiger charge is -2.14. The van der Waals surface area contributed by atoms with Gasteiger partial charge in [0.2, 0.25) is 0 Å². The topological polar surface area (TPSA) is 67.4 Å². The summed E-state index contributed by atoms with van der Waals surface area (Å²) in [5.74, 6) is -1.46. The Morgan fingerprint density at radius 2 is 1.83 bits per heavy atom. The summed E-state index contributed by atoms with van der Waals surface area (Å²) >= 11 is 13.3. The maximum absolute atomic E-state index is 11.9. The van der Waals surface area contributed by atoms with E-state index in [1.807, 2.05) is 12.1 Å². The number of rotatable bonds is 6. The molecule has 2 amide bonds. The smallest absolute Gasteiger partial charge is 0.309 e. The molecule has 0 spiro atoms. The van der Waals surface area contributed by atoms with E-state index in [2.05, 4.69) is 10.6 Å². The molecule has 2 aromatic rings. The highest BCUT2D eigenvalue weighted by Crippen LogP contribution is 2.28. The fourth-order valence-electron chi connectivity index (χ4n) is 1.96. The van der Waals surface area contributed by atoms with Crippen LogP contribution < -0.4 is 10.6 Å². The third-order valence-electron chi connectivity index (χ3n) is 3.25. The predicted octanol–water partition coefficient (Wildman–Crippen LogP) is 3.18. The summed E-state index contributed by atoms with van der Waals surface area (Å²) in [6.07, 6.45) is -0.359. The molecule has 8 heteroatoms. The summed E-state index contributed by atoms with van der Waals surface area (Å²) in [6, 6.07) is 10.7. The van der Waals surface area contributed by atoms with Crippen molar-refractivity contribution in [3.63, 3.8) is 0 Å². The Labute approximate surface area is 153 Å². The molecule has 0 aliphatic carbocycles. The van der Waals surface area contributed by atoms with Crippen LogP contribution in [0.3, 0.4) is 0 Å². The first kappa shape index (κ1) is 18.7. The number of hydrogen-bond acceptors (Lipinski definition) is 4. The lowest BCUT2D eigenvalue weighted by atomic mass is 10.2. The fourth-order valence-corrected chi connectivity index (χ4v) is 3.31. The monoisotopic (exact) mass is 386 g/mol. The third-order valence-corrected chi connectivity index (χ3v) is 4.94. The van der Waals surface area contributed by atoms with Gasteiger partial charge >= 0.3 is 11.8 Å². The highest BCUT2D eigenvalue weighted by Gasteiger charge is 2.18. The first-order chi connectivity index (χ1) is 11.5. The van der Waals surface area contributed by atoms with Crippen molar-refractivity contribution in [1.82, 2.24) is 10.6 Å². The summed E-state index contributed by atoms with van der Waals surface area (Å²) in [7, 11) is 1.53. The number of carbonyl (C=O) groups is 2. The van der Waals surface area contributed by atoms with Crippen LogP contribution in [0.4, 0.5) is 0 Å². The minimum atomic E-state index is -0.730. The standard InChI is InChI=1S/C16H16Cl2N2O3S/c1-23-12(13-6-7-14(18)24-13)9-20-16(22)15(21)19-8-10-4-2-3-5-11(10)17/h2-7,12H,8-9H2,1H3,(H,19,21)(H,20,22). The second-order valence-electron chi connectivity index (χ2n) is 4.85. The van der Waals surface area contributed by atoms with Gasteiger partial charge in [-0.05, 0) is 23.8 Å². The number of halogens is 2. The van der Waals surface area contributed by atoms with Crippen molar-refractivity contribution in [2.24, 2.45) is 0 Å². The highest BCUT2D eigenvalue weighted by atomic mass is 35.5. The molecule has 1 aromatic heterocycles. The van der Waals surface area contributed by atoms with Crippen LogP contribution in [0.15, 0.2) is 36.4 Å². The van der Waals surface area contributed by atoms with E-state index in [4.69, 9.17) is 27.9 Å². The van der Waals surface area contributed by atoms with E-state index in [1.54, 1.807) is 24.3 Å². The number of hydrogen-bond donors (Lipinski definition) is 2. The molecule has 1 atom stereocenters. The molecule has 1 heterocycles. The molecule has 0 radical (unpaired) electrons. The lowest BCUT2D eigenvalue weighted by molar-refractivity contribution is -0.139. The maximum atomic E-state index is 11.9. The van der Waals surface area contributed by atoms with Crippen LogP contribution in [0.5, 0.6) is 0 Å². The van der Waals surface area contributed by atoms with E-state index in [-0.39, 0.29) is 19.2 Å². The van der Waals surface area contributed by atoms with Crippen molar-refractivity contribution >= 4 is 46.4 Å². The van der Waals surface area contributed by atoms with Crippen molar-refractivity contribution in [2.75, 3.05) is 13.7 Å². The van der Waals surface area contributed by atoms with Crippen LogP contribution in [0.2, 0.25) is 9.36 Å². The van der Waals surface area contributed by atoms with Gasteiger partial charge in [0, 0.05) is 30.1 Å². The summed E-state index contributed by atoms with van der Waals surface area (Å²) < 4.78 is 5.95. The first-order valence-electron chi connectivity index (χ1n) is 7.08. The number of amides is 2. The molecule has 0 fully saturated rings. The molecule has 0 saturated heterocycles. The Morgan fingerprint density at radius 1 is 1.12 bits per heavy atom. The van der Waals surface area contributed by atoms with E-state index in [1.165, 1.54) is 18.4 Å². The minimum absolute atomic E-state index is 0.172. The van der Waals surface area contributed by atoms with E-state index in [0.29, 0.717) is 9.36 Å². The quantitative estimate of drug-likeness (QED) is 0.749. The molecule has 0 aliphatic rings. The van der Waals surface area contributed by atoms with Gasteiger partial charge in [-0.15, -0.1) is 11.3 Å². The molecule has 0 bridgehead atoms. The Bertz CT molecular complexity index is 721. The van der Waals surface area contributed by atoms with Gasteiger partial charge in [0.15, 0.2) is 0 Å². The molecule has 0 aliphatic heterocycles. The van der Waals surface area contributed by atoms with Crippen molar-refractivity contribution in [3.8, 4) is 0 Å². The Balaban J connectivity index is 1.83. The molecule has 5 nitrogen and oxygen atoms in total. The largest absolute Gasteiger partial charge is 0.374 e. The van der Waals surface area contributed by atoms with Gasteiger partial charge in [0.1, 0.15) is 6.10 Å². The number of carbonyl (C=O) groups excluding carboxylic acids is 2. The number of benzene rings is 1. The molecule has 1 unspecified atom stereocenters. The molecule has 128 valence electrons. The van der Waals surface area contributed by atoms with E-state index in [9.17, 15) is 9.59 Å². The van der Waals surface area contributed by atoms with Gasteiger partial charge in [0.05, 0.1) is 4.34 Å². The second-order valence-corrected chi connectivity index (χ2v) is 7.00. The molecular formula is C16H16Cl2N2O3S. The summed E-state index contributed by atoms with van der Waals surface area (Å²) in [5, 5.41) is 5.61. The SMILES string of the molecule is COC(CNC(=O)C(=O)NCc1ccccc1Cl)c1ccc(Cl)s1. The molecule has 2 N–H and O–H groups in total. The van der Waals surface area contributed by atoms with E-state index < -0.39 is 11.8 Å². The number of nitrogens with one attached hydrogen (secondary N) is 2. The van der Waals surface area contributed by atoms with Crippen LogP contribution in [-0.2, 0) is 20.9 Å². The lowest BCUT2D eigenvalue weighted by Crippen LogP contribution is -2.41. The number of ether oxygens (including phenoxy) is 1. The van der Waals surface area contributed by atoms with Gasteiger partial charge in [0.25, 0.3) is 0 Å². The van der Waals surface area contributed by atoms with Gasteiger partial charge in [-0.1, -0.05) is 41.4 Å². The van der Waals surface area contributed by atoms with Crippen molar-refractivity contribution in [2.45, 2.75) is 12.6 Å². The van der Waals surface area contributed by atoms with Crippen molar-refractivity contribution in [3.05, 3.63) is 56.2 Å². The van der Waals surface area contributed by atoms with Gasteiger partial charge < -0.3 is 15.4 Å². The molecule has 24 heavy (non-hydrogen) atoms. The van der Waals surface area contributed by atoms with E-state index in [0.717, 1.165) is 10.4 Å². The van der Waals surface area contributed by atoms with Crippen LogP contribution in [0.25, 0.3) is 0 Å². The van der Waals surface area contributed by atoms with Crippen LogP contribution in [0.1, 0.15) is 16.5 Å².